The molecule has 0 saturated carbocycles. The molecule has 0 spiro atoms. The molecule has 1 aromatic heterocycles. The number of aliphatic hydroxyl groups is 1. The second-order valence-electron chi connectivity index (χ2n) is 6.22. The van der Waals surface area contributed by atoms with Crippen LogP contribution in [0.3, 0.4) is 0 Å². The van der Waals surface area contributed by atoms with Crippen LogP contribution in [0.15, 0.2) is 36.8 Å². The molecule has 8 heteroatoms. The van der Waals surface area contributed by atoms with E-state index >= 15 is 0 Å². The molecule has 2 aromatic rings. The number of hydrogen-bond acceptors (Lipinski definition) is 5. The van der Waals surface area contributed by atoms with Crippen LogP contribution in [0, 0.1) is 17.6 Å². The maximum atomic E-state index is 13.7. The molecule has 0 aliphatic carbocycles. The van der Waals surface area contributed by atoms with Crippen molar-refractivity contribution in [3.63, 3.8) is 0 Å². The van der Waals surface area contributed by atoms with Crippen LogP contribution in [0.2, 0.25) is 0 Å². The van der Waals surface area contributed by atoms with E-state index in [4.69, 9.17) is 0 Å². The fourth-order valence-corrected chi connectivity index (χ4v) is 3.10. The van der Waals surface area contributed by atoms with E-state index in [1.807, 2.05) is 0 Å². The third kappa shape index (κ3) is 4.13. The Morgan fingerprint density at radius 1 is 1.27 bits per heavy atom. The zero-order valence-electron chi connectivity index (χ0n) is 14.1. The van der Waals surface area contributed by atoms with E-state index in [1.165, 1.54) is 6.07 Å². The SMILES string of the molecule is O=C(NC[C@H](O)c1c(F)cccc1F)C1CCN(c2cnccn2)CC1. The second kappa shape index (κ2) is 8.18. The molecule has 0 bridgehead atoms. The lowest BCUT2D eigenvalue weighted by molar-refractivity contribution is -0.126. The van der Waals surface area contributed by atoms with Crippen molar-refractivity contribution in [1.82, 2.24) is 15.3 Å². The molecule has 2 heterocycles. The van der Waals surface area contributed by atoms with Crippen LogP contribution in [-0.2, 0) is 4.79 Å². The van der Waals surface area contributed by atoms with Crippen LogP contribution < -0.4 is 10.2 Å². The third-order valence-corrected chi connectivity index (χ3v) is 4.54. The Labute approximate surface area is 149 Å². The molecule has 0 unspecified atom stereocenters. The average Bonchev–Trinajstić information content (AvgIpc) is 2.67. The molecule has 2 N–H and O–H groups in total. The summed E-state index contributed by atoms with van der Waals surface area (Å²) in [5.74, 6) is -1.31. The molecular weight excluding hydrogens is 342 g/mol. The Bertz CT molecular complexity index is 732. The van der Waals surface area contributed by atoms with Gasteiger partial charge in [-0.15, -0.1) is 0 Å². The van der Waals surface area contributed by atoms with Gasteiger partial charge < -0.3 is 15.3 Å². The van der Waals surface area contributed by atoms with Crippen LogP contribution in [0.4, 0.5) is 14.6 Å². The van der Waals surface area contributed by atoms with E-state index in [0.717, 1.165) is 18.0 Å². The molecular formula is C18H20F2N4O2. The fourth-order valence-electron chi connectivity index (χ4n) is 3.10. The smallest absolute Gasteiger partial charge is 0.223 e. The molecule has 1 fully saturated rings. The lowest BCUT2D eigenvalue weighted by Crippen LogP contribution is -2.41. The number of amides is 1. The van der Waals surface area contributed by atoms with Crippen molar-refractivity contribution in [2.24, 2.45) is 5.92 Å². The average molecular weight is 362 g/mol. The number of benzene rings is 1. The standard InChI is InChI=1S/C18H20F2N4O2/c19-13-2-1-3-14(20)17(13)15(25)10-23-18(26)12-4-8-24(9-5-12)16-11-21-6-7-22-16/h1-3,6-7,11-12,15,25H,4-5,8-10H2,(H,23,26)/t15-/m0/s1. The first-order valence-corrected chi connectivity index (χ1v) is 8.47. The van der Waals surface area contributed by atoms with E-state index in [-0.39, 0.29) is 18.4 Å². The molecule has 1 atom stereocenters. The predicted molar refractivity (Wildman–Crippen MR) is 91.3 cm³/mol. The Kier molecular flexibility index (Phi) is 5.72. The molecule has 0 radical (unpaired) electrons. The minimum atomic E-state index is -1.43. The van der Waals surface area contributed by atoms with E-state index in [9.17, 15) is 18.7 Å². The summed E-state index contributed by atoms with van der Waals surface area (Å²) >= 11 is 0. The Hall–Kier alpha value is -2.61. The molecule has 138 valence electrons. The van der Waals surface area contributed by atoms with Gasteiger partial charge in [0.05, 0.1) is 11.8 Å². The zero-order valence-corrected chi connectivity index (χ0v) is 14.1. The molecule has 1 aromatic carbocycles. The summed E-state index contributed by atoms with van der Waals surface area (Å²) in [7, 11) is 0. The number of carbonyl (C=O) groups excluding carboxylic acids is 1. The van der Waals surface area contributed by atoms with E-state index in [0.29, 0.717) is 25.9 Å². The van der Waals surface area contributed by atoms with Crippen LogP contribution >= 0.6 is 0 Å². The van der Waals surface area contributed by atoms with Gasteiger partial charge in [0.15, 0.2) is 0 Å². The highest BCUT2D eigenvalue weighted by Gasteiger charge is 2.26. The number of halogens is 2. The predicted octanol–water partition coefficient (Wildman–Crippen LogP) is 1.82. The van der Waals surface area contributed by atoms with Crippen molar-refractivity contribution >= 4 is 11.7 Å². The van der Waals surface area contributed by atoms with Crippen LogP contribution in [-0.4, -0.2) is 40.6 Å². The van der Waals surface area contributed by atoms with Gasteiger partial charge in [0.25, 0.3) is 0 Å². The highest BCUT2D eigenvalue weighted by atomic mass is 19.1. The number of aromatic nitrogens is 2. The van der Waals surface area contributed by atoms with Gasteiger partial charge in [-0.3, -0.25) is 9.78 Å². The van der Waals surface area contributed by atoms with Gasteiger partial charge in [-0.05, 0) is 25.0 Å². The normalized spacial score (nSPS) is 16.3. The monoisotopic (exact) mass is 362 g/mol. The van der Waals surface area contributed by atoms with Gasteiger partial charge >= 0.3 is 0 Å². The van der Waals surface area contributed by atoms with Crippen LogP contribution in [0.1, 0.15) is 24.5 Å². The highest BCUT2D eigenvalue weighted by Crippen LogP contribution is 2.23. The molecule has 1 saturated heterocycles. The van der Waals surface area contributed by atoms with Crippen molar-refractivity contribution < 1.29 is 18.7 Å². The number of carbonyl (C=O) groups is 1. The van der Waals surface area contributed by atoms with Gasteiger partial charge in [0, 0.05) is 37.9 Å². The fraction of sp³-hybridized carbons (Fsp3) is 0.389. The summed E-state index contributed by atoms with van der Waals surface area (Å²) in [4.78, 5) is 22.6. The molecule has 26 heavy (non-hydrogen) atoms. The van der Waals surface area contributed by atoms with E-state index < -0.39 is 23.3 Å². The highest BCUT2D eigenvalue weighted by molar-refractivity contribution is 5.79. The minimum Gasteiger partial charge on any atom is -0.386 e. The summed E-state index contributed by atoms with van der Waals surface area (Å²) in [6.45, 7) is 1.10. The zero-order chi connectivity index (χ0) is 18.5. The van der Waals surface area contributed by atoms with Crippen LogP contribution in [0.25, 0.3) is 0 Å². The summed E-state index contributed by atoms with van der Waals surface area (Å²) in [5.41, 5.74) is -0.426. The Morgan fingerprint density at radius 2 is 1.96 bits per heavy atom. The third-order valence-electron chi connectivity index (χ3n) is 4.54. The second-order valence-corrected chi connectivity index (χ2v) is 6.22. The van der Waals surface area contributed by atoms with Crippen molar-refractivity contribution in [2.45, 2.75) is 18.9 Å². The van der Waals surface area contributed by atoms with Gasteiger partial charge in [-0.25, -0.2) is 13.8 Å². The first kappa shape index (κ1) is 18.2. The summed E-state index contributed by atoms with van der Waals surface area (Å²) in [6, 6.07) is 3.38. The van der Waals surface area contributed by atoms with Gasteiger partial charge in [0.2, 0.25) is 5.91 Å². The quantitative estimate of drug-likeness (QED) is 0.848. The lowest BCUT2D eigenvalue weighted by Gasteiger charge is -2.32. The van der Waals surface area contributed by atoms with Gasteiger partial charge in [-0.2, -0.15) is 0 Å². The summed E-state index contributed by atoms with van der Waals surface area (Å²) < 4.78 is 27.3. The number of hydrogen-bond donors (Lipinski definition) is 2. The van der Waals surface area contributed by atoms with Crippen molar-refractivity contribution in [2.75, 3.05) is 24.5 Å². The number of rotatable bonds is 5. The number of nitrogens with zero attached hydrogens (tertiary/aromatic N) is 3. The summed E-state index contributed by atoms with van der Waals surface area (Å²) in [5, 5.41) is 12.6. The maximum Gasteiger partial charge on any atom is 0.223 e. The Balaban J connectivity index is 1.50. The molecule has 3 rings (SSSR count). The first-order valence-electron chi connectivity index (χ1n) is 8.47. The minimum absolute atomic E-state index is 0.208. The topological polar surface area (TPSA) is 78.4 Å². The largest absolute Gasteiger partial charge is 0.386 e. The maximum absolute atomic E-state index is 13.7. The van der Waals surface area contributed by atoms with Crippen LogP contribution in [0.5, 0.6) is 0 Å². The van der Waals surface area contributed by atoms with E-state index in [1.54, 1.807) is 18.6 Å². The number of anilines is 1. The molecule has 1 aliphatic rings. The molecule has 1 aliphatic heterocycles. The van der Waals surface area contributed by atoms with Gasteiger partial charge in [-0.1, -0.05) is 6.07 Å². The number of aliphatic hydroxyl groups excluding tert-OH is 1. The Morgan fingerprint density at radius 3 is 2.58 bits per heavy atom. The first-order chi connectivity index (χ1) is 12.6. The van der Waals surface area contributed by atoms with E-state index in [2.05, 4.69) is 20.2 Å². The number of piperidine rings is 1. The van der Waals surface area contributed by atoms with Gasteiger partial charge in [0.1, 0.15) is 23.6 Å². The van der Waals surface area contributed by atoms with Crippen molar-refractivity contribution in [3.05, 3.63) is 54.0 Å². The number of nitrogens with one attached hydrogen (secondary N) is 1. The summed E-state index contributed by atoms with van der Waals surface area (Å²) in [6.07, 6.45) is 4.74. The molecule has 6 nitrogen and oxygen atoms in total. The molecule has 1 amide bonds. The van der Waals surface area contributed by atoms with Crippen molar-refractivity contribution in [3.8, 4) is 0 Å². The lowest BCUT2D eigenvalue weighted by atomic mass is 9.95. The van der Waals surface area contributed by atoms with Crippen molar-refractivity contribution in [1.29, 1.82) is 0 Å².